The molecule has 0 spiro atoms. The summed E-state index contributed by atoms with van der Waals surface area (Å²) in [5.41, 5.74) is 0.812. The Balaban J connectivity index is 1.57. The van der Waals surface area contributed by atoms with Crippen molar-refractivity contribution in [3.63, 3.8) is 0 Å². The van der Waals surface area contributed by atoms with Gasteiger partial charge in [0.05, 0.1) is 11.8 Å². The summed E-state index contributed by atoms with van der Waals surface area (Å²) in [5.74, 6) is 2.10. The molecule has 2 aromatic rings. The van der Waals surface area contributed by atoms with E-state index in [4.69, 9.17) is 8.94 Å². The SMILES string of the molecule is Cc1occc1-c1nc(C2CC(=O)N(C3CC3)C2)no1. The van der Waals surface area contributed by atoms with Gasteiger partial charge in [0.2, 0.25) is 5.91 Å². The summed E-state index contributed by atoms with van der Waals surface area (Å²) in [6.45, 7) is 2.57. The minimum atomic E-state index is 0.0489. The molecule has 2 fully saturated rings. The number of likely N-dealkylation sites (tertiary alicyclic amines) is 1. The smallest absolute Gasteiger partial charge is 0.261 e. The lowest BCUT2D eigenvalue weighted by Gasteiger charge is -2.13. The van der Waals surface area contributed by atoms with E-state index in [9.17, 15) is 4.79 Å². The minimum Gasteiger partial charge on any atom is -0.469 e. The van der Waals surface area contributed by atoms with E-state index < -0.39 is 0 Å². The van der Waals surface area contributed by atoms with Gasteiger partial charge in [-0.15, -0.1) is 0 Å². The Kier molecular flexibility index (Phi) is 2.45. The molecule has 6 heteroatoms. The predicted octanol–water partition coefficient (Wildman–Crippen LogP) is 2.12. The van der Waals surface area contributed by atoms with Crippen molar-refractivity contribution in [2.45, 2.75) is 38.1 Å². The van der Waals surface area contributed by atoms with Crippen LogP contribution in [0.4, 0.5) is 0 Å². The number of hydrogen-bond donors (Lipinski definition) is 0. The van der Waals surface area contributed by atoms with Crippen LogP contribution in [0.2, 0.25) is 0 Å². The van der Waals surface area contributed by atoms with E-state index in [2.05, 4.69) is 10.1 Å². The normalized spacial score (nSPS) is 22.8. The number of carbonyl (C=O) groups is 1. The second kappa shape index (κ2) is 4.19. The van der Waals surface area contributed by atoms with Crippen LogP contribution in [0.3, 0.4) is 0 Å². The van der Waals surface area contributed by atoms with Crippen LogP contribution in [-0.4, -0.2) is 33.5 Å². The van der Waals surface area contributed by atoms with Crippen molar-refractivity contribution >= 4 is 5.91 Å². The Morgan fingerprint density at radius 3 is 2.95 bits per heavy atom. The number of rotatable bonds is 3. The summed E-state index contributed by atoms with van der Waals surface area (Å²) in [6.07, 6.45) is 4.34. The summed E-state index contributed by atoms with van der Waals surface area (Å²) in [6, 6.07) is 2.26. The molecule has 1 amide bonds. The molecule has 0 aromatic carbocycles. The number of nitrogens with zero attached hydrogens (tertiary/aromatic N) is 3. The Morgan fingerprint density at radius 1 is 1.40 bits per heavy atom. The largest absolute Gasteiger partial charge is 0.469 e. The lowest BCUT2D eigenvalue weighted by atomic mass is 10.1. The molecule has 104 valence electrons. The van der Waals surface area contributed by atoms with E-state index in [1.807, 2.05) is 17.9 Å². The van der Waals surface area contributed by atoms with Crippen molar-refractivity contribution in [2.24, 2.45) is 0 Å². The van der Waals surface area contributed by atoms with Gasteiger partial charge in [-0.2, -0.15) is 4.98 Å². The van der Waals surface area contributed by atoms with Gasteiger partial charge in [0.25, 0.3) is 5.89 Å². The summed E-state index contributed by atoms with van der Waals surface area (Å²) < 4.78 is 10.5. The van der Waals surface area contributed by atoms with E-state index in [0.29, 0.717) is 30.7 Å². The molecule has 1 saturated carbocycles. The van der Waals surface area contributed by atoms with Gasteiger partial charge in [-0.05, 0) is 25.8 Å². The molecule has 2 aliphatic rings. The van der Waals surface area contributed by atoms with Crippen molar-refractivity contribution in [3.05, 3.63) is 23.9 Å². The Labute approximate surface area is 115 Å². The summed E-state index contributed by atoms with van der Waals surface area (Å²) >= 11 is 0. The lowest BCUT2D eigenvalue weighted by molar-refractivity contribution is -0.128. The number of amides is 1. The third-order valence-corrected chi connectivity index (χ3v) is 4.04. The van der Waals surface area contributed by atoms with Crippen molar-refractivity contribution in [1.82, 2.24) is 15.0 Å². The fraction of sp³-hybridized carbons (Fsp3) is 0.500. The number of hydrogen-bond acceptors (Lipinski definition) is 5. The number of aromatic nitrogens is 2. The first-order valence-electron chi connectivity index (χ1n) is 6.90. The first kappa shape index (κ1) is 11.7. The van der Waals surface area contributed by atoms with Crippen molar-refractivity contribution in [1.29, 1.82) is 0 Å². The molecule has 0 N–H and O–H groups in total. The Bertz CT molecular complexity index is 656. The van der Waals surface area contributed by atoms with Gasteiger partial charge in [-0.1, -0.05) is 5.16 Å². The quantitative estimate of drug-likeness (QED) is 0.856. The number of aryl methyl sites for hydroxylation is 1. The molecule has 4 rings (SSSR count). The topological polar surface area (TPSA) is 72.4 Å². The van der Waals surface area contributed by atoms with E-state index >= 15 is 0 Å². The van der Waals surface area contributed by atoms with Crippen LogP contribution in [0.15, 0.2) is 21.3 Å². The van der Waals surface area contributed by atoms with Gasteiger partial charge in [0.1, 0.15) is 5.76 Å². The molecule has 1 aliphatic heterocycles. The Morgan fingerprint density at radius 2 is 2.25 bits per heavy atom. The third kappa shape index (κ3) is 1.83. The van der Waals surface area contributed by atoms with E-state index in [-0.39, 0.29) is 11.8 Å². The summed E-state index contributed by atoms with van der Waals surface area (Å²) in [5, 5.41) is 4.04. The Hall–Kier alpha value is -2.11. The van der Waals surface area contributed by atoms with Crippen molar-refractivity contribution < 1.29 is 13.7 Å². The molecule has 1 saturated heterocycles. The van der Waals surface area contributed by atoms with E-state index in [0.717, 1.165) is 24.2 Å². The van der Waals surface area contributed by atoms with Crippen LogP contribution in [0.1, 0.15) is 36.8 Å². The maximum atomic E-state index is 12.0. The zero-order valence-corrected chi connectivity index (χ0v) is 11.2. The highest BCUT2D eigenvalue weighted by Crippen LogP contribution is 2.36. The minimum absolute atomic E-state index is 0.0489. The van der Waals surface area contributed by atoms with Gasteiger partial charge < -0.3 is 13.8 Å². The maximum absolute atomic E-state index is 12.0. The molecule has 0 bridgehead atoms. The van der Waals surface area contributed by atoms with E-state index in [1.165, 1.54) is 0 Å². The van der Waals surface area contributed by atoms with Crippen LogP contribution < -0.4 is 0 Å². The third-order valence-electron chi connectivity index (χ3n) is 4.04. The highest BCUT2D eigenvalue weighted by Gasteiger charge is 2.41. The number of furan rings is 1. The number of carbonyl (C=O) groups excluding carboxylic acids is 1. The molecule has 1 atom stereocenters. The van der Waals surface area contributed by atoms with Crippen molar-refractivity contribution in [2.75, 3.05) is 6.54 Å². The highest BCUT2D eigenvalue weighted by molar-refractivity contribution is 5.80. The average Bonchev–Trinajstić information content (AvgIpc) is 2.85. The summed E-state index contributed by atoms with van der Waals surface area (Å²) in [7, 11) is 0. The van der Waals surface area contributed by atoms with Crippen LogP contribution in [0.5, 0.6) is 0 Å². The zero-order chi connectivity index (χ0) is 13.7. The molecule has 1 unspecified atom stereocenters. The van der Waals surface area contributed by atoms with Crippen LogP contribution in [0.25, 0.3) is 11.5 Å². The second-order valence-corrected chi connectivity index (χ2v) is 5.53. The second-order valence-electron chi connectivity index (χ2n) is 5.53. The van der Waals surface area contributed by atoms with Crippen LogP contribution in [-0.2, 0) is 4.79 Å². The van der Waals surface area contributed by atoms with Gasteiger partial charge in [-0.3, -0.25) is 4.79 Å². The lowest BCUT2D eigenvalue weighted by Crippen LogP contribution is -2.27. The first-order valence-corrected chi connectivity index (χ1v) is 6.90. The maximum Gasteiger partial charge on any atom is 0.261 e. The molecule has 1 aliphatic carbocycles. The molecule has 3 heterocycles. The van der Waals surface area contributed by atoms with Gasteiger partial charge in [-0.25, -0.2) is 0 Å². The monoisotopic (exact) mass is 273 g/mol. The molecular formula is C14H15N3O3. The summed E-state index contributed by atoms with van der Waals surface area (Å²) in [4.78, 5) is 18.3. The molecule has 2 aromatic heterocycles. The molecule has 0 radical (unpaired) electrons. The van der Waals surface area contributed by atoms with Crippen LogP contribution >= 0.6 is 0 Å². The fourth-order valence-electron chi connectivity index (χ4n) is 2.76. The predicted molar refractivity (Wildman–Crippen MR) is 68.8 cm³/mol. The molecule has 6 nitrogen and oxygen atoms in total. The molecule has 20 heavy (non-hydrogen) atoms. The first-order chi connectivity index (χ1) is 9.72. The zero-order valence-electron chi connectivity index (χ0n) is 11.2. The van der Waals surface area contributed by atoms with Crippen LogP contribution in [0, 0.1) is 6.92 Å². The molecular weight excluding hydrogens is 258 g/mol. The van der Waals surface area contributed by atoms with Crippen molar-refractivity contribution in [3.8, 4) is 11.5 Å². The fourth-order valence-corrected chi connectivity index (χ4v) is 2.76. The highest BCUT2D eigenvalue weighted by atomic mass is 16.5. The standard InChI is InChI=1S/C14H15N3O3/c1-8-11(4-5-19-8)14-15-13(16-20-14)9-6-12(18)17(7-9)10-2-3-10/h4-5,9-10H,2-3,6-7H2,1H3. The average molecular weight is 273 g/mol. The van der Waals surface area contributed by atoms with Gasteiger partial charge in [0.15, 0.2) is 5.82 Å². The van der Waals surface area contributed by atoms with E-state index in [1.54, 1.807) is 6.26 Å². The van der Waals surface area contributed by atoms with Gasteiger partial charge in [0, 0.05) is 24.9 Å². The van der Waals surface area contributed by atoms with Gasteiger partial charge >= 0.3 is 0 Å².